The van der Waals surface area contributed by atoms with E-state index >= 15 is 0 Å². The molecule has 10 atom stereocenters. The van der Waals surface area contributed by atoms with E-state index in [1.807, 2.05) is 0 Å². The summed E-state index contributed by atoms with van der Waals surface area (Å²) in [5.74, 6) is -1.12. The maximum Gasteiger partial charge on any atom is 0.404 e. The van der Waals surface area contributed by atoms with E-state index in [1.54, 1.807) is 0 Å². The Morgan fingerprint density at radius 3 is 2.43 bits per heavy atom. The molecular formula is C25H46N10O9. The molecule has 3 aliphatic rings. The molecule has 3 heterocycles. The number of β-amino-alcohol motifs (C(OH)–C–C–N with tert-alkyl or cyclic N) is 1. The minimum Gasteiger partial charge on any atom is -0.441 e. The monoisotopic (exact) mass is 630 g/mol. The molecule has 16 N–H and O–H groups in total. The van der Waals surface area contributed by atoms with Crippen LogP contribution in [0.25, 0.3) is 0 Å². The predicted molar refractivity (Wildman–Crippen MR) is 154 cm³/mol. The Bertz CT molecular complexity index is 1040. The Labute approximate surface area is 254 Å². The lowest BCUT2D eigenvalue weighted by atomic mass is 9.95. The van der Waals surface area contributed by atoms with Gasteiger partial charge in [0, 0.05) is 38.0 Å². The molecule has 250 valence electrons. The zero-order valence-corrected chi connectivity index (χ0v) is 24.4. The molecular weight excluding hydrogens is 584 g/mol. The number of amides is 4. The third kappa shape index (κ3) is 9.84. The molecule has 0 aliphatic carbocycles. The van der Waals surface area contributed by atoms with Crippen LogP contribution in [0.2, 0.25) is 0 Å². The number of primary amides is 1. The van der Waals surface area contributed by atoms with E-state index in [0.717, 1.165) is 6.42 Å². The number of ether oxygens (including phenoxy) is 2. The molecule has 0 bridgehead atoms. The summed E-state index contributed by atoms with van der Waals surface area (Å²) in [6, 6.07) is -3.79. The number of aliphatic hydroxyl groups excluding tert-OH is 3. The molecule has 4 amide bonds. The van der Waals surface area contributed by atoms with Crippen LogP contribution >= 0.6 is 0 Å². The topological polar surface area (TPSA) is 324 Å². The van der Waals surface area contributed by atoms with Gasteiger partial charge in [-0.25, -0.2) is 9.79 Å². The van der Waals surface area contributed by atoms with Crippen molar-refractivity contribution >= 4 is 29.8 Å². The molecule has 19 nitrogen and oxygen atoms in total. The van der Waals surface area contributed by atoms with Crippen LogP contribution in [0.3, 0.4) is 0 Å². The summed E-state index contributed by atoms with van der Waals surface area (Å²) in [4.78, 5) is 52.9. The number of carbonyl (C=O) groups excluding carboxylic acids is 4. The standard InChI is InChI=1S/C25H46N10O9/c26-5-1-3-11(27)7-15(38)30-6-2-4-12(28)8-16(39)32-19-20(40)21(44-24(29)42)14(10-36)43-23(19)35-25-33-17-13(37)9-31-22(41)18(17)34-25/h11-14,17-21,23,36-37,40H,1-10,26-28H2,(H2,29,42)(H,30,38)(H,31,41)(H,32,39)(H2,33,34,35)/t11?,12?,13-,14-,17?,18?,19?,20+,21+,23-/m1/s1. The Morgan fingerprint density at radius 1 is 1.11 bits per heavy atom. The molecule has 44 heavy (non-hydrogen) atoms. The number of carbonyl (C=O) groups is 4. The second-order valence-corrected chi connectivity index (χ2v) is 11.2. The van der Waals surface area contributed by atoms with Crippen molar-refractivity contribution in [3.8, 4) is 0 Å². The summed E-state index contributed by atoms with van der Waals surface area (Å²) in [6.45, 7) is 0.203. The van der Waals surface area contributed by atoms with Gasteiger partial charge >= 0.3 is 6.09 Å². The molecule has 0 radical (unpaired) electrons. The number of piperidine rings is 1. The van der Waals surface area contributed by atoms with E-state index in [1.165, 1.54) is 0 Å². The van der Waals surface area contributed by atoms with E-state index in [0.29, 0.717) is 32.4 Å². The van der Waals surface area contributed by atoms with Gasteiger partial charge in [0.2, 0.25) is 17.7 Å². The third-order valence-corrected chi connectivity index (χ3v) is 7.59. The van der Waals surface area contributed by atoms with Gasteiger partial charge in [-0.15, -0.1) is 0 Å². The fraction of sp³-hybridized carbons (Fsp3) is 0.800. The third-order valence-electron chi connectivity index (χ3n) is 7.59. The van der Waals surface area contributed by atoms with Gasteiger partial charge in [-0.1, -0.05) is 0 Å². The number of guanidine groups is 1. The molecule has 0 saturated carbocycles. The first-order chi connectivity index (χ1) is 20.9. The van der Waals surface area contributed by atoms with E-state index in [2.05, 4.69) is 31.6 Å². The van der Waals surface area contributed by atoms with Gasteiger partial charge < -0.3 is 74.3 Å². The van der Waals surface area contributed by atoms with E-state index in [-0.39, 0.29) is 37.3 Å². The van der Waals surface area contributed by atoms with E-state index in [4.69, 9.17) is 32.4 Å². The summed E-state index contributed by atoms with van der Waals surface area (Å²) >= 11 is 0. The molecule has 2 saturated heterocycles. The number of nitrogens with two attached hydrogens (primary N) is 4. The van der Waals surface area contributed by atoms with Crippen molar-refractivity contribution < 1.29 is 44.0 Å². The highest BCUT2D eigenvalue weighted by Crippen LogP contribution is 2.24. The van der Waals surface area contributed by atoms with Crippen LogP contribution in [0.1, 0.15) is 38.5 Å². The molecule has 0 aromatic carbocycles. The lowest BCUT2D eigenvalue weighted by molar-refractivity contribution is -0.198. The summed E-state index contributed by atoms with van der Waals surface area (Å²) in [5, 5.41) is 44.9. The number of aliphatic imine (C=N–C) groups is 1. The zero-order valence-electron chi connectivity index (χ0n) is 24.4. The number of aliphatic hydroxyl groups is 3. The molecule has 0 aromatic heterocycles. The van der Waals surface area contributed by atoms with Crippen molar-refractivity contribution in [3.63, 3.8) is 0 Å². The Morgan fingerprint density at radius 2 is 1.80 bits per heavy atom. The van der Waals surface area contributed by atoms with Crippen LogP contribution < -0.4 is 49.5 Å². The van der Waals surface area contributed by atoms with Crippen LogP contribution in [-0.2, 0) is 23.9 Å². The van der Waals surface area contributed by atoms with Crippen molar-refractivity contribution in [2.75, 3.05) is 26.2 Å². The van der Waals surface area contributed by atoms with Crippen LogP contribution in [-0.4, -0.2) is 132 Å². The highest BCUT2D eigenvalue weighted by Gasteiger charge is 2.49. The first kappa shape index (κ1) is 35.2. The lowest BCUT2D eigenvalue weighted by Crippen LogP contribution is -2.70. The molecule has 0 spiro atoms. The first-order valence-corrected chi connectivity index (χ1v) is 14.7. The van der Waals surface area contributed by atoms with Crippen molar-refractivity contribution in [2.24, 2.45) is 27.9 Å². The minimum atomic E-state index is -1.60. The summed E-state index contributed by atoms with van der Waals surface area (Å²) in [6.07, 6.45) is -5.37. The number of nitrogens with one attached hydrogen (secondary N) is 5. The van der Waals surface area contributed by atoms with E-state index in [9.17, 15) is 34.5 Å². The van der Waals surface area contributed by atoms with Gasteiger partial charge in [-0.05, 0) is 32.2 Å². The quantitative estimate of drug-likeness (QED) is 0.0749. The predicted octanol–water partition coefficient (Wildman–Crippen LogP) is -6.14. The van der Waals surface area contributed by atoms with Crippen LogP contribution in [0, 0.1) is 0 Å². The fourth-order valence-electron chi connectivity index (χ4n) is 5.31. The van der Waals surface area contributed by atoms with Gasteiger partial charge in [0.1, 0.15) is 18.2 Å². The Kier molecular flexibility index (Phi) is 13.3. The van der Waals surface area contributed by atoms with Crippen molar-refractivity contribution in [1.29, 1.82) is 0 Å². The number of nitrogens with zero attached hydrogens (tertiary/aromatic N) is 1. The largest absolute Gasteiger partial charge is 0.441 e. The van der Waals surface area contributed by atoms with Crippen molar-refractivity contribution in [1.82, 2.24) is 26.6 Å². The molecule has 3 aliphatic heterocycles. The highest BCUT2D eigenvalue weighted by molar-refractivity contribution is 5.92. The average molecular weight is 631 g/mol. The fourth-order valence-corrected chi connectivity index (χ4v) is 5.31. The van der Waals surface area contributed by atoms with Gasteiger partial charge in [0.25, 0.3) is 0 Å². The number of fused-ring (bicyclic) bond motifs is 1. The summed E-state index contributed by atoms with van der Waals surface area (Å²) in [5.41, 5.74) is 22.6. The van der Waals surface area contributed by atoms with Crippen LogP contribution in [0.15, 0.2) is 4.99 Å². The second-order valence-electron chi connectivity index (χ2n) is 11.2. The Balaban J connectivity index is 1.57. The second kappa shape index (κ2) is 16.7. The molecule has 3 rings (SSSR count). The SMILES string of the molecule is NCCCC(N)CC(=O)NCCCC(N)CC(=O)NC1[C@H](NC2=NC3C(=O)NC[C@@H](O)C3N2)O[C@H](CO)[C@H](OC(N)=O)[C@H]1O. The molecule has 0 aromatic rings. The van der Waals surface area contributed by atoms with Gasteiger partial charge in [0.15, 0.2) is 24.3 Å². The van der Waals surface area contributed by atoms with E-state index < -0.39 is 79.3 Å². The number of hydrogen-bond acceptors (Lipinski definition) is 15. The maximum absolute atomic E-state index is 13.0. The first-order valence-electron chi connectivity index (χ1n) is 14.7. The van der Waals surface area contributed by atoms with Crippen LogP contribution in [0.5, 0.6) is 0 Å². The molecule has 5 unspecified atom stereocenters. The minimum absolute atomic E-state index is 0.0296. The molecule has 2 fully saturated rings. The lowest BCUT2D eigenvalue weighted by Gasteiger charge is -2.44. The Hall–Kier alpha value is -3.33. The smallest absolute Gasteiger partial charge is 0.404 e. The highest BCUT2D eigenvalue weighted by atomic mass is 16.6. The van der Waals surface area contributed by atoms with Gasteiger partial charge in [-0.2, -0.15) is 0 Å². The normalized spacial score (nSPS) is 31.0. The zero-order chi connectivity index (χ0) is 32.4. The number of rotatable bonds is 15. The van der Waals surface area contributed by atoms with Crippen molar-refractivity contribution in [3.05, 3.63) is 0 Å². The molecule has 19 heteroatoms. The van der Waals surface area contributed by atoms with Crippen molar-refractivity contribution in [2.45, 2.75) is 99.4 Å². The summed E-state index contributed by atoms with van der Waals surface area (Å²) in [7, 11) is 0. The maximum atomic E-state index is 13.0. The summed E-state index contributed by atoms with van der Waals surface area (Å²) < 4.78 is 10.8. The van der Waals surface area contributed by atoms with Gasteiger partial charge in [0.05, 0.1) is 18.8 Å². The average Bonchev–Trinajstić information content (AvgIpc) is 3.40. The number of hydrogen-bond donors (Lipinski definition) is 12. The van der Waals surface area contributed by atoms with Gasteiger partial charge in [-0.3, -0.25) is 14.4 Å². The van der Waals surface area contributed by atoms with Crippen LogP contribution in [0.4, 0.5) is 4.79 Å².